The van der Waals surface area contributed by atoms with Crippen molar-refractivity contribution in [2.45, 2.75) is 25.7 Å². The van der Waals surface area contributed by atoms with Crippen molar-refractivity contribution in [3.8, 4) is 0 Å². The molecule has 4 heteroatoms. The number of thiazole rings is 1. The molecule has 62 valence electrons. The molecule has 1 aliphatic carbocycles. The minimum atomic E-state index is 1.06. The Kier molecular flexibility index (Phi) is 1.26. The van der Waals surface area contributed by atoms with E-state index in [4.69, 9.17) is 0 Å². The van der Waals surface area contributed by atoms with Gasteiger partial charge in [0.15, 0.2) is 0 Å². The first kappa shape index (κ1) is 6.60. The fraction of sp³-hybridized carbons (Fsp3) is 0.500. The molecule has 0 fully saturated rings. The van der Waals surface area contributed by atoms with Crippen molar-refractivity contribution in [2.75, 3.05) is 0 Å². The van der Waals surface area contributed by atoms with Crippen molar-refractivity contribution >= 4 is 16.3 Å². The van der Waals surface area contributed by atoms with Crippen molar-refractivity contribution in [3.63, 3.8) is 0 Å². The lowest BCUT2D eigenvalue weighted by Gasteiger charge is -2.08. The van der Waals surface area contributed by atoms with E-state index in [0.29, 0.717) is 0 Å². The van der Waals surface area contributed by atoms with Crippen molar-refractivity contribution in [2.24, 2.45) is 0 Å². The Morgan fingerprint density at radius 3 is 3.25 bits per heavy atom. The van der Waals surface area contributed by atoms with Gasteiger partial charge in [0.05, 0.1) is 5.69 Å². The summed E-state index contributed by atoms with van der Waals surface area (Å²) >= 11 is 1.80. The van der Waals surface area contributed by atoms with E-state index in [2.05, 4.69) is 10.1 Å². The lowest BCUT2D eigenvalue weighted by Crippen LogP contribution is -2.03. The molecule has 0 atom stereocenters. The Hall–Kier alpha value is -0.900. The van der Waals surface area contributed by atoms with Crippen LogP contribution >= 0.6 is 11.3 Å². The molecule has 0 N–H and O–H groups in total. The number of rotatable bonds is 0. The van der Waals surface area contributed by atoms with Gasteiger partial charge >= 0.3 is 0 Å². The second-order valence-electron chi connectivity index (χ2n) is 3.13. The molecule has 0 radical (unpaired) electrons. The van der Waals surface area contributed by atoms with E-state index in [-0.39, 0.29) is 0 Å². The number of hydrogen-bond donors (Lipinski definition) is 0. The van der Waals surface area contributed by atoms with Crippen LogP contribution in [0.5, 0.6) is 0 Å². The van der Waals surface area contributed by atoms with E-state index in [0.717, 1.165) is 4.96 Å². The van der Waals surface area contributed by atoms with Crippen LogP contribution < -0.4 is 0 Å². The van der Waals surface area contributed by atoms with Gasteiger partial charge in [0.25, 0.3) is 0 Å². The van der Waals surface area contributed by atoms with Crippen molar-refractivity contribution in [1.82, 2.24) is 14.6 Å². The lowest BCUT2D eigenvalue weighted by molar-refractivity contribution is 0.661. The summed E-state index contributed by atoms with van der Waals surface area (Å²) < 4.78 is 2.00. The van der Waals surface area contributed by atoms with Gasteiger partial charge in [-0.05, 0) is 25.7 Å². The third-order valence-electron chi connectivity index (χ3n) is 2.38. The molecule has 0 aromatic carbocycles. The average molecular weight is 179 g/mol. The number of hydrogen-bond acceptors (Lipinski definition) is 3. The van der Waals surface area contributed by atoms with E-state index < -0.39 is 0 Å². The van der Waals surface area contributed by atoms with Gasteiger partial charge in [0.1, 0.15) is 6.33 Å². The number of aryl methyl sites for hydroxylation is 2. The molecule has 0 aliphatic heterocycles. The van der Waals surface area contributed by atoms with Gasteiger partial charge in [0, 0.05) is 4.88 Å². The zero-order chi connectivity index (χ0) is 7.97. The predicted molar refractivity (Wildman–Crippen MR) is 47.5 cm³/mol. The van der Waals surface area contributed by atoms with Gasteiger partial charge in [0.2, 0.25) is 4.96 Å². The minimum absolute atomic E-state index is 1.06. The molecule has 1 aliphatic rings. The molecule has 2 aromatic heterocycles. The molecule has 2 heterocycles. The van der Waals surface area contributed by atoms with Crippen LogP contribution in [0.2, 0.25) is 0 Å². The summed E-state index contributed by atoms with van der Waals surface area (Å²) in [5.41, 5.74) is 1.40. The maximum absolute atomic E-state index is 4.21. The van der Waals surface area contributed by atoms with E-state index >= 15 is 0 Å². The van der Waals surface area contributed by atoms with Gasteiger partial charge in [-0.3, -0.25) is 0 Å². The molecule has 3 rings (SSSR count). The first-order valence-corrected chi connectivity index (χ1v) is 5.07. The summed E-state index contributed by atoms with van der Waals surface area (Å²) in [6, 6.07) is 0. The molecule has 0 saturated heterocycles. The fourth-order valence-electron chi connectivity index (χ4n) is 1.79. The molecule has 0 unspecified atom stereocenters. The average Bonchev–Trinajstić information content (AvgIpc) is 2.62. The van der Waals surface area contributed by atoms with E-state index in [1.165, 1.54) is 36.3 Å². The molecule has 0 spiro atoms. The Balaban J connectivity index is 2.34. The molecule has 0 amide bonds. The van der Waals surface area contributed by atoms with Crippen LogP contribution in [0, 0.1) is 0 Å². The Labute approximate surface area is 74.1 Å². The van der Waals surface area contributed by atoms with E-state index in [1.807, 2.05) is 4.52 Å². The zero-order valence-electron chi connectivity index (χ0n) is 6.66. The van der Waals surface area contributed by atoms with Crippen LogP contribution in [0.1, 0.15) is 23.4 Å². The topological polar surface area (TPSA) is 30.2 Å². The van der Waals surface area contributed by atoms with Crippen LogP contribution in [0.4, 0.5) is 0 Å². The summed E-state index contributed by atoms with van der Waals surface area (Å²) in [5.74, 6) is 0. The van der Waals surface area contributed by atoms with Crippen LogP contribution in [-0.4, -0.2) is 14.6 Å². The Morgan fingerprint density at radius 1 is 1.33 bits per heavy atom. The summed E-state index contributed by atoms with van der Waals surface area (Å²) in [6.07, 6.45) is 6.68. The highest BCUT2D eigenvalue weighted by atomic mass is 32.1. The standard InChI is InChI=1S/C8H9N3S/c1-2-4-7-6(3-1)11-8(12-7)9-5-10-11/h5H,1-4H2. The second kappa shape index (κ2) is 2.29. The number of aromatic nitrogens is 3. The first-order chi connectivity index (χ1) is 5.95. The fourth-order valence-corrected chi connectivity index (χ4v) is 2.91. The van der Waals surface area contributed by atoms with Crippen LogP contribution in [0.15, 0.2) is 6.33 Å². The lowest BCUT2D eigenvalue weighted by atomic mass is 10.0. The number of fused-ring (bicyclic) bond motifs is 3. The highest BCUT2D eigenvalue weighted by Crippen LogP contribution is 2.28. The van der Waals surface area contributed by atoms with Crippen LogP contribution in [-0.2, 0) is 12.8 Å². The molecular weight excluding hydrogens is 170 g/mol. The number of nitrogens with zero attached hydrogens (tertiary/aromatic N) is 3. The second-order valence-corrected chi connectivity index (χ2v) is 4.20. The van der Waals surface area contributed by atoms with Gasteiger partial charge in [-0.25, -0.2) is 9.50 Å². The monoisotopic (exact) mass is 179 g/mol. The first-order valence-electron chi connectivity index (χ1n) is 4.25. The molecular formula is C8H9N3S. The summed E-state index contributed by atoms with van der Waals surface area (Å²) in [6.45, 7) is 0. The third-order valence-corrected chi connectivity index (χ3v) is 3.52. The normalized spacial score (nSPS) is 16.7. The zero-order valence-corrected chi connectivity index (χ0v) is 7.47. The SMILES string of the molecule is c1nc2sc3c(n2n1)CCCC3. The van der Waals surface area contributed by atoms with Crippen LogP contribution in [0.25, 0.3) is 4.96 Å². The smallest absolute Gasteiger partial charge is 0.208 e. The van der Waals surface area contributed by atoms with Crippen molar-refractivity contribution in [3.05, 3.63) is 16.9 Å². The highest BCUT2D eigenvalue weighted by molar-refractivity contribution is 7.17. The van der Waals surface area contributed by atoms with Gasteiger partial charge in [-0.15, -0.1) is 0 Å². The molecule has 0 bridgehead atoms. The quantitative estimate of drug-likeness (QED) is 0.615. The predicted octanol–water partition coefficient (Wildman–Crippen LogP) is 1.67. The van der Waals surface area contributed by atoms with E-state index in [1.54, 1.807) is 17.7 Å². The van der Waals surface area contributed by atoms with Crippen LogP contribution in [0.3, 0.4) is 0 Å². The minimum Gasteiger partial charge on any atom is -0.208 e. The highest BCUT2D eigenvalue weighted by Gasteiger charge is 2.16. The Morgan fingerprint density at radius 2 is 2.25 bits per heavy atom. The largest absolute Gasteiger partial charge is 0.212 e. The van der Waals surface area contributed by atoms with Crippen molar-refractivity contribution in [1.29, 1.82) is 0 Å². The molecule has 2 aromatic rings. The molecule has 3 nitrogen and oxygen atoms in total. The van der Waals surface area contributed by atoms with Crippen molar-refractivity contribution < 1.29 is 0 Å². The van der Waals surface area contributed by atoms with E-state index in [9.17, 15) is 0 Å². The van der Waals surface area contributed by atoms with Gasteiger partial charge in [-0.2, -0.15) is 5.10 Å². The molecule has 12 heavy (non-hydrogen) atoms. The van der Waals surface area contributed by atoms with Gasteiger partial charge < -0.3 is 0 Å². The summed E-state index contributed by atoms with van der Waals surface area (Å²) in [7, 11) is 0. The van der Waals surface area contributed by atoms with Gasteiger partial charge in [-0.1, -0.05) is 11.3 Å². The summed E-state index contributed by atoms with van der Waals surface area (Å²) in [5, 5.41) is 4.21. The molecule has 0 saturated carbocycles. The maximum Gasteiger partial charge on any atom is 0.212 e. The maximum atomic E-state index is 4.21. The Bertz CT molecular complexity index is 415. The third kappa shape index (κ3) is 0.756. The summed E-state index contributed by atoms with van der Waals surface area (Å²) in [4.78, 5) is 6.75.